The van der Waals surface area contributed by atoms with E-state index in [1.165, 1.54) is 0 Å². The van der Waals surface area contributed by atoms with Crippen LogP contribution in [0.4, 0.5) is 0 Å². The van der Waals surface area contributed by atoms with E-state index in [-0.39, 0.29) is 32.5 Å². The van der Waals surface area contributed by atoms with Crippen molar-refractivity contribution in [3.05, 3.63) is 0 Å². The van der Waals surface area contributed by atoms with Gasteiger partial charge in [-0.25, -0.2) is 0 Å². The van der Waals surface area contributed by atoms with Crippen molar-refractivity contribution < 1.29 is 45.2 Å². The monoisotopic (exact) mass is 442 g/mol. The minimum atomic E-state index is -1.31. The third-order valence-corrected chi connectivity index (χ3v) is 2.10. The van der Waals surface area contributed by atoms with Gasteiger partial charge in [-0.2, -0.15) is 0 Å². The molecule has 0 saturated heterocycles. The summed E-state index contributed by atoms with van der Waals surface area (Å²) in [6.07, 6.45) is 0. The summed E-state index contributed by atoms with van der Waals surface area (Å²) >= 11 is 0. The van der Waals surface area contributed by atoms with Gasteiger partial charge in [-0.15, -0.1) is 0 Å². The van der Waals surface area contributed by atoms with Crippen molar-refractivity contribution in [2.24, 2.45) is 17.8 Å². The maximum atomic E-state index is 9.54. The second kappa shape index (κ2) is 11.4. The largest absolute Gasteiger partial charge is 0.388 e. The van der Waals surface area contributed by atoms with Crippen LogP contribution in [-0.4, -0.2) is 37.5 Å². The molecule has 0 aromatic carbocycles. The van der Waals surface area contributed by atoms with Crippen LogP contribution < -0.4 is 0 Å². The molecule has 0 atom stereocenters. The summed E-state index contributed by atoms with van der Waals surface area (Å²) < 4.78 is 16.9. The van der Waals surface area contributed by atoms with Crippen LogP contribution in [0.3, 0.4) is 0 Å². The molecular formula is C14H30HfO4. The van der Waals surface area contributed by atoms with E-state index in [1.54, 1.807) is 0 Å². The van der Waals surface area contributed by atoms with Crippen molar-refractivity contribution in [3.63, 3.8) is 0 Å². The van der Waals surface area contributed by atoms with Gasteiger partial charge in [0.25, 0.3) is 0 Å². The Labute approximate surface area is 137 Å². The number of hydrogen-bond acceptors (Lipinski definition) is 4. The number of aliphatic hydroxyl groups is 1. The summed E-state index contributed by atoms with van der Waals surface area (Å²) in [6, 6.07) is 0. The van der Waals surface area contributed by atoms with Crippen LogP contribution in [0.1, 0.15) is 41.5 Å². The first kappa shape index (κ1) is 22.0. The second-order valence-corrected chi connectivity index (χ2v) is 5.96. The first-order chi connectivity index (χ1) is 8.31. The average Bonchev–Trinajstić information content (AvgIpc) is 2.28. The smallest absolute Gasteiger partial charge is 0.307 e. The third kappa shape index (κ3) is 11.1. The molecule has 0 fully saturated rings. The molecular weight excluding hydrogens is 411 g/mol. The SMILES string of the molecule is CC(C)COC(CO)(OCC(C)C)OCC(C)C.[Hf]. The minimum absolute atomic E-state index is 0. The summed E-state index contributed by atoms with van der Waals surface area (Å²) in [4.78, 5) is 0. The van der Waals surface area contributed by atoms with Gasteiger partial charge in [-0.3, -0.25) is 0 Å². The molecule has 0 spiro atoms. The van der Waals surface area contributed by atoms with E-state index >= 15 is 0 Å². The van der Waals surface area contributed by atoms with Gasteiger partial charge >= 0.3 is 5.97 Å². The molecule has 0 aliphatic heterocycles. The van der Waals surface area contributed by atoms with Crippen LogP contribution in [0.5, 0.6) is 0 Å². The summed E-state index contributed by atoms with van der Waals surface area (Å²) in [7, 11) is 0. The van der Waals surface area contributed by atoms with Crippen molar-refractivity contribution in [2.45, 2.75) is 47.5 Å². The predicted octanol–water partition coefficient (Wildman–Crippen LogP) is 2.65. The maximum absolute atomic E-state index is 9.54. The molecule has 4 nitrogen and oxygen atoms in total. The van der Waals surface area contributed by atoms with Crippen LogP contribution >= 0.6 is 0 Å². The number of rotatable bonds is 10. The topological polar surface area (TPSA) is 47.9 Å². The van der Waals surface area contributed by atoms with Gasteiger partial charge < -0.3 is 19.3 Å². The Balaban J connectivity index is 0. The zero-order valence-corrected chi connectivity index (χ0v) is 16.8. The number of aliphatic hydroxyl groups excluding tert-OH is 1. The zero-order chi connectivity index (χ0) is 14.2. The molecule has 0 heterocycles. The van der Waals surface area contributed by atoms with E-state index in [2.05, 4.69) is 0 Å². The molecule has 0 bridgehead atoms. The Morgan fingerprint density at radius 2 is 1.00 bits per heavy atom. The first-order valence-electron chi connectivity index (χ1n) is 6.84. The molecule has 19 heavy (non-hydrogen) atoms. The Hall–Kier alpha value is 0.710. The first-order valence-corrected chi connectivity index (χ1v) is 6.84. The molecule has 0 unspecified atom stereocenters. The molecule has 0 aromatic rings. The predicted molar refractivity (Wildman–Crippen MR) is 72.2 cm³/mol. The fourth-order valence-corrected chi connectivity index (χ4v) is 1.14. The molecule has 0 rings (SSSR count). The minimum Gasteiger partial charge on any atom is -0.388 e. The van der Waals surface area contributed by atoms with Gasteiger partial charge in [0, 0.05) is 25.8 Å². The van der Waals surface area contributed by atoms with E-state index in [9.17, 15) is 5.11 Å². The van der Waals surface area contributed by atoms with Gasteiger partial charge in [-0.1, -0.05) is 41.5 Å². The Morgan fingerprint density at radius 1 is 0.737 bits per heavy atom. The van der Waals surface area contributed by atoms with Crippen LogP contribution in [0, 0.1) is 17.8 Å². The van der Waals surface area contributed by atoms with Gasteiger partial charge in [-0.05, 0) is 17.8 Å². The standard InChI is InChI=1S/C14H30O4.Hf/c1-11(2)7-16-14(10-15,17-8-12(3)4)18-9-13(5)6;/h11-13,15H,7-10H2,1-6H3;. The third-order valence-electron chi connectivity index (χ3n) is 2.10. The molecule has 0 aliphatic carbocycles. The van der Waals surface area contributed by atoms with Gasteiger partial charge in [0.05, 0.1) is 19.8 Å². The van der Waals surface area contributed by atoms with Crippen LogP contribution in [-0.2, 0) is 40.1 Å². The normalized spacial score (nSPS) is 12.3. The quantitative estimate of drug-likeness (QED) is 0.419. The Bertz CT molecular complexity index is 176. The summed E-state index contributed by atoms with van der Waals surface area (Å²) in [5.74, 6) is -0.220. The van der Waals surface area contributed by atoms with E-state index < -0.39 is 5.97 Å². The molecule has 0 amide bonds. The van der Waals surface area contributed by atoms with Crippen LogP contribution in [0.2, 0.25) is 0 Å². The van der Waals surface area contributed by atoms with Gasteiger partial charge in [0.2, 0.25) is 0 Å². The van der Waals surface area contributed by atoms with Gasteiger partial charge in [0.1, 0.15) is 6.61 Å². The Kier molecular flexibility index (Phi) is 13.2. The number of ether oxygens (including phenoxy) is 3. The van der Waals surface area contributed by atoms with Crippen molar-refractivity contribution in [1.29, 1.82) is 0 Å². The molecule has 1 N–H and O–H groups in total. The molecule has 0 aliphatic rings. The van der Waals surface area contributed by atoms with Gasteiger partial charge in [0.15, 0.2) is 0 Å². The van der Waals surface area contributed by atoms with E-state index in [0.29, 0.717) is 37.6 Å². The fraction of sp³-hybridized carbons (Fsp3) is 1.00. The van der Waals surface area contributed by atoms with Crippen molar-refractivity contribution in [3.8, 4) is 0 Å². The average molecular weight is 441 g/mol. The second-order valence-electron chi connectivity index (χ2n) is 5.96. The van der Waals surface area contributed by atoms with E-state index in [0.717, 1.165) is 0 Å². The van der Waals surface area contributed by atoms with Crippen LogP contribution in [0.25, 0.3) is 0 Å². The van der Waals surface area contributed by atoms with Crippen molar-refractivity contribution >= 4 is 0 Å². The van der Waals surface area contributed by atoms with E-state index in [1.807, 2.05) is 41.5 Å². The zero-order valence-electron chi connectivity index (χ0n) is 13.2. The summed E-state index contributed by atoms with van der Waals surface area (Å²) in [6.45, 7) is 13.5. The molecule has 114 valence electrons. The van der Waals surface area contributed by atoms with Crippen molar-refractivity contribution in [2.75, 3.05) is 26.4 Å². The maximum Gasteiger partial charge on any atom is 0.307 e. The fourth-order valence-electron chi connectivity index (χ4n) is 1.14. The molecule has 0 aromatic heterocycles. The van der Waals surface area contributed by atoms with Crippen molar-refractivity contribution in [1.82, 2.24) is 0 Å². The molecule has 0 radical (unpaired) electrons. The summed E-state index contributed by atoms with van der Waals surface area (Å²) in [5, 5.41) is 9.54. The molecule has 0 saturated carbocycles. The van der Waals surface area contributed by atoms with Crippen LogP contribution in [0.15, 0.2) is 0 Å². The molecule has 5 heteroatoms. The number of hydrogen-bond donors (Lipinski definition) is 1. The summed E-state index contributed by atoms with van der Waals surface area (Å²) in [5.41, 5.74) is 0. The van der Waals surface area contributed by atoms with E-state index in [4.69, 9.17) is 14.2 Å². The Morgan fingerprint density at radius 3 is 1.16 bits per heavy atom.